The molecule has 0 radical (unpaired) electrons. The van der Waals surface area contributed by atoms with Crippen LogP contribution in [0.3, 0.4) is 0 Å². The van der Waals surface area contributed by atoms with Gasteiger partial charge in [-0.15, -0.1) is 0 Å². The van der Waals surface area contributed by atoms with Gasteiger partial charge in [-0.05, 0) is 59.3 Å². The Morgan fingerprint density at radius 2 is 2.21 bits per heavy atom. The predicted octanol–water partition coefficient (Wildman–Crippen LogP) is 3.43. The molecule has 4 nitrogen and oxygen atoms in total. The summed E-state index contributed by atoms with van der Waals surface area (Å²) in [5.74, 6) is 0.411. The first-order chi connectivity index (χ1) is 9.02. The van der Waals surface area contributed by atoms with Gasteiger partial charge in [-0.25, -0.2) is 0 Å². The van der Waals surface area contributed by atoms with Gasteiger partial charge in [0.25, 0.3) is 0 Å². The molecule has 0 aliphatic heterocycles. The zero-order valence-corrected chi connectivity index (χ0v) is 12.6. The molecule has 104 valence electrons. The summed E-state index contributed by atoms with van der Waals surface area (Å²) in [4.78, 5) is 11.1. The third-order valence-electron chi connectivity index (χ3n) is 3.28. The van der Waals surface area contributed by atoms with Gasteiger partial charge in [-0.1, -0.05) is 0 Å². The van der Waals surface area contributed by atoms with Gasteiger partial charge in [-0.2, -0.15) is 0 Å². The molecule has 1 unspecified atom stereocenters. The summed E-state index contributed by atoms with van der Waals surface area (Å²) in [6.45, 7) is 2.31. The summed E-state index contributed by atoms with van der Waals surface area (Å²) in [6, 6.07) is 3.52. The molecule has 1 aromatic rings. The van der Waals surface area contributed by atoms with E-state index in [-0.39, 0.29) is 0 Å². The summed E-state index contributed by atoms with van der Waals surface area (Å²) in [5, 5.41) is 9.08. The second kappa shape index (κ2) is 5.82. The minimum absolute atomic E-state index is 0.578. The van der Waals surface area contributed by atoms with Crippen molar-refractivity contribution in [3.63, 3.8) is 0 Å². The Morgan fingerprint density at radius 1 is 1.53 bits per heavy atom. The van der Waals surface area contributed by atoms with Crippen LogP contribution in [0.2, 0.25) is 0 Å². The normalized spacial score (nSPS) is 15.9. The Labute approximate surface area is 120 Å². The van der Waals surface area contributed by atoms with Crippen LogP contribution in [0.1, 0.15) is 31.2 Å². The summed E-state index contributed by atoms with van der Waals surface area (Å²) in [6.07, 6.45) is 2.41. The fourth-order valence-corrected chi connectivity index (χ4v) is 2.40. The third-order valence-corrected chi connectivity index (χ3v) is 3.87. The maximum atomic E-state index is 11.1. The van der Waals surface area contributed by atoms with Gasteiger partial charge in [0.1, 0.15) is 0 Å². The molecular weight excluding hydrogens is 312 g/mol. The molecule has 1 aromatic carbocycles. The van der Waals surface area contributed by atoms with Gasteiger partial charge in [0.15, 0.2) is 11.5 Å². The molecule has 5 heteroatoms. The van der Waals surface area contributed by atoms with Crippen molar-refractivity contribution in [2.45, 2.75) is 25.7 Å². The number of methoxy groups -OCH3 is 1. The van der Waals surface area contributed by atoms with E-state index in [1.165, 1.54) is 12.8 Å². The Bertz CT molecular complexity index is 483. The number of rotatable bonds is 6. The zero-order chi connectivity index (χ0) is 14.0. The quantitative estimate of drug-likeness (QED) is 0.869. The molecule has 0 bridgehead atoms. The van der Waals surface area contributed by atoms with Crippen LogP contribution in [0.25, 0.3) is 0 Å². The van der Waals surface area contributed by atoms with Crippen LogP contribution in [-0.2, 0) is 4.79 Å². The van der Waals surface area contributed by atoms with Crippen molar-refractivity contribution in [2.75, 3.05) is 13.7 Å². The van der Waals surface area contributed by atoms with Crippen molar-refractivity contribution >= 4 is 21.9 Å². The lowest BCUT2D eigenvalue weighted by Crippen LogP contribution is -2.09. The van der Waals surface area contributed by atoms with E-state index in [0.717, 1.165) is 0 Å². The number of ether oxygens (including phenoxy) is 2. The molecule has 0 amide bonds. The second-order valence-corrected chi connectivity index (χ2v) is 5.70. The highest BCUT2D eigenvalue weighted by Gasteiger charge is 2.24. The van der Waals surface area contributed by atoms with E-state index >= 15 is 0 Å². The molecule has 1 atom stereocenters. The Balaban J connectivity index is 2.28. The van der Waals surface area contributed by atoms with Crippen molar-refractivity contribution in [3.8, 4) is 11.5 Å². The number of carboxylic acids is 1. The minimum Gasteiger partial charge on any atom is -0.492 e. The van der Waals surface area contributed by atoms with Gasteiger partial charge in [0, 0.05) is 0 Å². The minimum atomic E-state index is -0.856. The SMILES string of the molecule is COc1c(Br)cc(C(C)C(=O)O)cc1OCC1CC1. The first-order valence-electron chi connectivity index (χ1n) is 6.26. The molecule has 1 N–H and O–H groups in total. The van der Waals surface area contributed by atoms with E-state index in [1.807, 2.05) is 0 Å². The van der Waals surface area contributed by atoms with Crippen LogP contribution >= 0.6 is 15.9 Å². The smallest absolute Gasteiger partial charge is 0.310 e. The van der Waals surface area contributed by atoms with E-state index in [1.54, 1.807) is 26.2 Å². The zero-order valence-electron chi connectivity index (χ0n) is 11.0. The largest absolute Gasteiger partial charge is 0.492 e. The van der Waals surface area contributed by atoms with E-state index in [2.05, 4.69) is 15.9 Å². The Kier molecular flexibility index (Phi) is 4.34. The monoisotopic (exact) mass is 328 g/mol. The average Bonchev–Trinajstić information content (AvgIpc) is 3.18. The van der Waals surface area contributed by atoms with Crippen LogP contribution in [0.5, 0.6) is 11.5 Å². The number of carbonyl (C=O) groups is 1. The number of aliphatic carboxylic acids is 1. The second-order valence-electron chi connectivity index (χ2n) is 4.85. The summed E-state index contributed by atoms with van der Waals surface area (Å²) >= 11 is 3.40. The summed E-state index contributed by atoms with van der Waals surface area (Å²) in [5.41, 5.74) is 0.700. The van der Waals surface area contributed by atoms with Gasteiger partial charge in [-0.3, -0.25) is 4.79 Å². The molecule has 1 aliphatic rings. The molecule has 0 heterocycles. The van der Waals surface area contributed by atoms with E-state index in [9.17, 15) is 4.79 Å². The molecule has 0 saturated heterocycles. The Hall–Kier alpha value is -1.23. The maximum absolute atomic E-state index is 11.1. The number of carboxylic acid groups (broad SMARTS) is 1. The molecule has 1 saturated carbocycles. The molecular formula is C14H17BrO4. The van der Waals surface area contributed by atoms with Crippen LogP contribution in [0, 0.1) is 5.92 Å². The average molecular weight is 329 g/mol. The molecule has 1 aliphatic carbocycles. The highest BCUT2D eigenvalue weighted by atomic mass is 79.9. The standard InChI is InChI=1S/C14H17BrO4/c1-8(14(16)17)10-5-11(15)13(18-2)12(6-10)19-7-9-3-4-9/h5-6,8-9H,3-4,7H2,1-2H3,(H,16,17). The van der Waals surface area contributed by atoms with Crippen molar-refractivity contribution in [3.05, 3.63) is 22.2 Å². The molecule has 0 aromatic heterocycles. The number of benzene rings is 1. The third kappa shape index (κ3) is 3.41. The first-order valence-corrected chi connectivity index (χ1v) is 7.05. The lowest BCUT2D eigenvalue weighted by atomic mass is 10.0. The Morgan fingerprint density at radius 3 is 2.74 bits per heavy atom. The number of hydrogen-bond acceptors (Lipinski definition) is 3. The predicted molar refractivity (Wildman–Crippen MR) is 75.0 cm³/mol. The van der Waals surface area contributed by atoms with E-state index in [0.29, 0.717) is 34.1 Å². The fraction of sp³-hybridized carbons (Fsp3) is 0.500. The molecule has 1 fully saturated rings. The first kappa shape index (κ1) is 14.2. The highest BCUT2D eigenvalue weighted by Crippen LogP contribution is 2.39. The van der Waals surface area contributed by atoms with Crippen LogP contribution in [-0.4, -0.2) is 24.8 Å². The topological polar surface area (TPSA) is 55.8 Å². The van der Waals surface area contributed by atoms with E-state index < -0.39 is 11.9 Å². The molecule has 2 rings (SSSR count). The van der Waals surface area contributed by atoms with Crippen LogP contribution in [0.15, 0.2) is 16.6 Å². The molecule has 0 spiro atoms. The lowest BCUT2D eigenvalue weighted by molar-refractivity contribution is -0.138. The van der Waals surface area contributed by atoms with Crippen molar-refractivity contribution in [2.24, 2.45) is 5.92 Å². The van der Waals surface area contributed by atoms with Crippen molar-refractivity contribution < 1.29 is 19.4 Å². The van der Waals surface area contributed by atoms with Crippen molar-refractivity contribution in [1.82, 2.24) is 0 Å². The van der Waals surface area contributed by atoms with Gasteiger partial charge in [0.05, 0.1) is 24.1 Å². The maximum Gasteiger partial charge on any atom is 0.310 e. The van der Waals surface area contributed by atoms with Gasteiger partial charge >= 0.3 is 5.97 Å². The van der Waals surface area contributed by atoms with Gasteiger partial charge < -0.3 is 14.6 Å². The lowest BCUT2D eigenvalue weighted by Gasteiger charge is -2.15. The highest BCUT2D eigenvalue weighted by molar-refractivity contribution is 9.10. The number of hydrogen-bond donors (Lipinski definition) is 1. The van der Waals surface area contributed by atoms with Crippen LogP contribution in [0.4, 0.5) is 0 Å². The molecule has 19 heavy (non-hydrogen) atoms. The van der Waals surface area contributed by atoms with Gasteiger partial charge in [0.2, 0.25) is 0 Å². The fourth-order valence-electron chi connectivity index (χ4n) is 1.78. The summed E-state index contributed by atoms with van der Waals surface area (Å²) < 4.78 is 11.8. The number of halogens is 1. The van der Waals surface area contributed by atoms with Crippen LogP contribution < -0.4 is 9.47 Å². The summed E-state index contributed by atoms with van der Waals surface area (Å²) in [7, 11) is 1.57. The van der Waals surface area contributed by atoms with Crippen molar-refractivity contribution in [1.29, 1.82) is 0 Å². The van der Waals surface area contributed by atoms with E-state index in [4.69, 9.17) is 14.6 Å².